The number of carbonyl (C=O) groups is 1. The number of aldehydes is 1. The van der Waals surface area contributed by atoms with Gasteiger partial charge in [-0.2, -0.15) is 0 Å². The van der Waals surface area contributed by atoms with Gasteiger partial charge < -0.3 is 4.74 Å². The van der Waals surface area contributed by atoms with Gasteiger partial charge in [-0.25, -0.2) is 13.2 Å². The van der Waals surface area contributed by atoms with Crippen LogP contribution in [0.2, 0.25) is 0 Å². The van der Waals surface area contributed by atoms with Gasteiger partial charge in [-0.3, -0.25) is 4.79 Å². The van der Waals surface area contributed by atoms with Crippen LogP contribution in [0.15, 0.2) is 30.3 Å². The van der Waals surface area contributed by atoms with Crippen LogP contribution in [-0.4, -0.2) is 13.4 Å². The van der Waals surface area contributed by atoms with Crippen molar-refractivity contribution in [1.29, 1.82) is 0 Å². The van der Waals surface area contributed by atoms with E-state index in [1.165, 1.54) is 25.3 Å². The van der Waals surface area contributed by atoms with Crippen LogP contribution in [0.3, 0.4) is 0 Å². The van der Waals surface area contributed by atoms with Crippen molar-refractivity contribution in [3.05, 3.63) is 53.3 Å². The molecule has 0 amide bonds. The first-order valence-electron chi connectivity index (χ1n) is 5.35. The second-order valence-electron chi connectivity index (χ2n) is 3.82. The molecule has 0 aliphatic heterocycles. The van der Waals surface area contributed by atoms with E-state index in [4.69, 9.17) is 4.74 Å². The van der Waals surface area contributed by atoms with Gasteiger partial charge in [0.15, 0.2) is 17.9 Å². The first-order chi connectivity index (χ1) is 9.06. The highest BCUT2D eigenvalue weighted by Gasteiger charge is 2.13. The molecule has 0 heterocycles. The molecule has 2 aromatic rings. The van der Waals surface area contributed by atoms with Gasteiger partial charge in [-0.05, 0) is 23.8 Å². The molecule has 98 valence electrons. The second kappa shape index (κ2) is 5.14. The van der Waals surface area contributed by atoms with E-state index in [1.807, 2.05) is 0 Å². The van der Waals surface area contributed by atoms with Crippen LogP contribution in [0.5, 0.6) is 5.75 Å². The Morgan fingerprint density at radius 3 is 2.32 bits per heavy atom. The minimum Gasteiger partial charge on any atom is -0.496 e. The first-order valence-corrected chi connectivity index (χ1v) is 5.35. The lowest BCUT2D eigenvalue weighted by Crippen LogP contribution is -1.94. The Bertz CT molecular complexity index is 639. The van der Waals surface area contributed by atoms with E-state index in [2.05, 4.69) is 0 Å². The molecule has 0 aliphatic carbocycles. The second-order valence-corrected chi connectivity index (χ2v) is 3.82. The molecule has 0 aliphatic rings. The highest BCUT2D eigenvalue weighted by molar-refractivity contribution is 5.83. The molecule has 0 fully saturated rings. The van der Waals surface area contributed by atoms with Crippen molar-refractivity contribution in [2.45, 2.75) is 0 Å². The number of ether oxygens (including phenoxy) is 1. The third kappa shape index (κ3) is 2.45. The number of rotatable bonds is 3. The van der Waals surface area contributed by atoms with Gasteiger partial charge in [-0.15, -0.1) is 0 Å². The highest BCUT2D eigenvalue weighted by Crippen LogP contribution is 2.29. The molecule has 0 aromatic heterocycles. The van der Waals surface area contributed by atoms with E-state index >= 15 is 0 Å². The number of hydrogen-bond donors (Lipinski definition) is 0. The molecule has 0 unspecified atom stereocenters. The van der Waals surface area contributed by atoms with Gasteiger partial charge in [0.2, 0.25) is 0 Å². The third-order valence-corrected chi connectivity index (χ3v) is 2.68. The average Bonchev–Trinajstić information content (AvgIpc) is 2.42. The quantitative estimate of drug-likeness (QED) is 0.627. The fourth-order valence-corrected chi connectivity index (χ4v) is 1.74. The van der Waals surface area contributed by atoms with Crippen LogP contribution in [0.4, 0.5) is 13.2 Å². The van der Waals surface area contributed by atoms with E-state index in [0.29, 0.717) is 18.1 Å². The third-order valence-electron chi connectivity index (χ3n) is 2.68. The summed E-state index contributed by atoms with van der Waals surface area (Å²) in [7, 11) is 1.39. The largest absolute Gasteiger partial charge is 0.496 e. The summed E-state index contributed by atoms with van der Waals surface area (Å²) < 4.78 is 44.5. The van der Waals surface area contributed by atoms with E-state index in [0.717, 1.165) is 6.07 Å². The maximum atomic E-state index is 13.6. The topological polar surface area (TPSA) is 26.3 Å². The van der Waals surface area contributed by atoms with E-state index in [9.17, 15) is 18.0 Å². The molecule has 0 N–H and O–H groups in total. The normalized spacial score (nSPS) is 10.3. The zero-order valence-corrected chi connectivity index (χ0v) is 9.91. The summed E-state index contributed by atoms with van der Waals surface area (Å²) in [6.45, 7) is 0. The van der Waals surface area contributed by atoms with Gasteiger partial charge in [0.25, 0.3) is 0 Å². The summed E-state index contributed by atoms with van der Waals surface area (Å²) in [6.07, 6.45) is 0.542. The smallest absolute Gasteiger partial charge is 0.161 e. The Morgan fingerprint density at radius 2 is 1.68 bits per heavy atom. The molecule has 0 atom stereocenters. The zero-order valence-electron chi connectivity index (χ0n) is 9.91. The fraction of sp³-hybridized carbons (Fsp3) is 0.0714. The Kier molecular flexibility index (Phi) is 3.55. The van der Waals surface area contributed by atoms with Gasteiger partial charge in [-0.1, -0.05) is 6.07 Å². The molecular weight excluding hydrogens is 257 g/mol. The van der Waals surface area contributed by atoms with Crippen LogP contribution < -0.4 is 4.74 Å². The predicted molar refractivity (Wildman–Crippen MR) is 63.7 cm³/mol. The number of methoxy groups -OCH3 is 1. The Balaban J connectivity index is 2.59. The number of carbonyl (C=O) groups excluding carboxylic acids is 1. The van der Waals surface area contributed by atoms with Crippen molar-refractivity contribution in [3.8, 4) is 16.9 Å². The summed E-state index contributed by atoms with van der Waals surface area (Å²) in [5.74, 6) is -2.99. The van der Waals surface area contributed by atoms with Crippen molar-refractivity contribution in [1.82, 2.24) is 0 Å². The number of hydrogen-bond acceptors (Lipinski definition) is 2. The molecule has 0 radical (unpaired) electrons. The predicted octanol–water partition coefficient (Wildman–Crippen LogP) is 3.59. The minimum absolute atomic E-state index is 0.121. The summed E-state index contributed by atoms with van der Waals surface area (Å²) in [6, 6.07) is 5.49. The highest BCUT2D eigenvalue weighted by atomic mass is 19.2. The number of halogens is 3. The molecule has 19 heavy (non-hydrogen) atoms. The maximum absolute atomic E-state index is 13.6. The fourth-order valence-electron chi connectivity index (χ4n) is 1.74. The van der Waals surface area contributed by atoms with Crippen LogP contribution in [-0.2, 0) is 0 Å². The summed E-state index contributed by atoms with van der Waals surface area (Å²) >= 11 is 0. The SMILES string of the molecule is COc1ccc(-c2cc(F)c(F)cc2F)cc1C=O. The lowest BCUT2D eigenvalue weighted by atomic mass is 10.0. The van der Waals surface area contributed by atoms with E-state index < -0.39 is 17.5 Å². The molecule has 2 aromatic carbocycles. The minimum atomic E-state index is -1.26. The lowest BCUT2D eigenvalue weighted by molar-refractivity contribution is 0.112. The van der Waals surface area contributed by atoms with E-state index in [1.54, 1.807) is 0 Å². The summed E-state index contributed by atoms with van der Waals surface area (Å²) in [4.78, 5) is 10.9. The first kappa shape index (κ1) is 13.1. The molecule has 0 spiro atoms. The van der Waals surface area contributed by atoms with Crippen LogP contribution in [0.25, 0.3) is 11.1 Å². The van der Waals surface area contributed by atoms with Crippen molar-refractivity contribution in [2.24, 2.45) is 0 Å². The van der Waals surface area contributed by atoms with E-state index in [-0.39, 0.29) is 16.7 Å². The average molecular weight is 266 g/mol. The lowest BCUT2D eigenvalue weighted by Gasteiger charge is -2.08. The van der Waals surface area contributed by atoms with Crippen molar-refractivity contribution >= 4 is 6.29 Å². The molecular formula is C14H9F3O2. The van der Waals surface area contributed by atoms with Crippen molar-refractivity contribution in [3.63, 3.8) is 0 Å². The Morgan fingerprint density at radius 1 is 1.00 bits per heavy atom. The molecule has 5 heteroatoms. The van der Waals surface area contributed by atoms with Gasteiger partial charge in [0.1, 0.15) is 11.6 Å². The van der Waals surface area contributed by atoms with Crippen LogP contribution in [0.1, 0.15) is 10.4 Å². The number of benzene rings is 2. The standard InChI is InChI=1S/C14H9F3O2/c1-19-14-3-2-8(4-9(14)7-18)10-5-12(16)13(17)6-11(10)15/h2-7H,1H3. The monoisotopic (exact) mass is 266 g/mol. The van der Waals surface area contributed by atoms with Gasteiger partial charge in [0, 0.05) is 11.6 Å². The molecule has 0 saturated heterocycles. The van der Waals surface area contributed by atoms with Crippen LogP contribution in [0, 0.1) is 17.5 Å². The van der Waals surface area contributed by atoms with Crippen LogP contribution >= 0.6 is 0 Å². The molecule has 2 nitrogen and oxygen atoms in total. The molecule has 0 saturated carbocycles. The van der Waals surface area contributed by atoms with Gasteiger partial charge >= 0.3 is 0 Å². The summed E-state index contributed by atoms with van der Waals surface area (Å²) in [5, 5.41) is 0. The van der Waals surface area contributed by atoms with Crippen molar-refractivity contribution in [2.75, 3.05) is 7.11 Å². The molecule has 0 bridgehead atoms. The molecule has 2 rings (SSSR count). The zero-order chi connectivity index (χ0) is 14.0. The van der Waals surface area contributed by atoms with Gasteiger partial charge in [0.05, 0.1) is 12.7 Å². The summed E-state index contributed by atoms with van der Waals surface area (Å²) in [5.41, 5.74) is 0.341. The maximum Gasteiger partial charge on any atom is 0.161 e. The van der Waals surface area contributed by atoms with Crippen molar-refractivity contribution < 1.29 is 22.7 Å². The Hall–Kier alpha value is -2.30. The Labute approximate surface area is 107 Å².